The van der Waals surface area contributed by atoms with Crippen molar-refractivity contribution in [3.05, 3.63) is 35.9 Å². The van der Waals surface area contributed by atoms with Gasteiger partial charge in [-0.25, -0.2) is 17.9 Å². The maximum absolute atomic E-state index is 12.1. The van der Waals surface area contributed by atoms with Gasteiger partial charge in [0.25, 0.3) is 0 Å². The number of benzene rings is 1. The molecular formula is C16H25NO4S. The van der Waals surface area contributed by atoms with Gasteiger partial charge in [-0.05, 0) is 39.3 Å². The van der Waals surface area contributed by atoms with Crippen LogP contribution in [0.2, 0.25) is 0 Å². The summed E-state index contributed by atoms with van der Waals surface area (Å²) in [7, 11) is -3.52. The summed E-state index contributed by atoms with van der Waals surface area (Å²) in [5, 5.41) is 0. The molecule has 0 fully saturated rings. The molecule has 0 saturated carbocycles. The molecule has 6 heteroatoms. The fourth-order valence-electron chi connectivity index (χ4n) is 2.04. The van der Waals surface area contributed by atoms with Gasteiger partial charge in [-0.2, -0.15) is 0 Å². The lowest BCUT2D eigenvalue weighted by molar-refractivity contribution is 0.0330. The maximum atomic E-state index is 12.1. The van der Waals surface area contributed by atoms with Crippen LogP contribution in [0.5, 0.6) is 0 Å². The van der Waals surface area contributed by atoms with E-state index in [-0.39, 0.29) is 5.75 Å². The van der Waals surface area contributed by atoms with Crippen molar-refractivity contribution in [2.24, 2.45) is 0 Å². The number of carbonyl (C=O) groups excluding carboxylic acids is 1. The Hall–Kier alpha value is -1.40. The Labute approximate surface area is 133 Å². The lowest BCUT2D eigenvalue weighted by Gasteiger charge is -2.23. The van der Waals surface area contributed by atoms with Gasteiger partial charge in [0.15, 0.2) is 0 Å². The van der Waals surface area contributed by atoms with Gasteiger partial charge in [-0.15, -0.1) is 0 Å². The average molecular weight is 327 g/mol. The van der Waals surface area contributed by atoms with Gasteiger partial charge < -0.3 is 4.74 Å². The van der Waals surface area contributed by atoms with Crippen LogP contribution in [0, 0.1) is 0 Å². The van der Waals surface area contributed by atoms with Gasteiger partial charge >= 0.3 is 5.97 Å². The number of hydrogen-bond donors (Lipinski definition) is 1. The van der Waals surface area contributed by atoms with Crippen molar-refractivity contribution in [1.82, 2.24) is 4.72 Å². The second-order valence-electron chi connectivity index (χ2n) is 6.32. The summed E-state index contributed by atoms with van der Waals surface area (Å²) in [6, 6.07) is 8.57. The fourth-order valence-corrected chi connectivity index (χ4v) is 3.79. The molecule has 1 aromatic carbocycles. The van der Waals surface area contributed by atoms with Gasteiger partial charge in [0.05, 0.1) is 5.56 Å². The third-order valence-corrected chi connectivity index (χ3v) is 4.49. The van der Waals surface area contributed by atoms with Crippen LogP contribution < -0.4 is 4.72 Å². The minimum atomic E-state index is -3.52. The SMILES string of the molecule is CCCC(CS(=O)(=O)NC(C)(C)C)OC(=O)c1ccccc1. The highest BCUT2D eigenvalue weighted by molar-refractivity contribution is 7.89. The highest BCUT2D eigenvalue weighted by Crippen LogP contribution is 2.12. The van der Waals surface area contributed by atoms with Crippen LogP contribution in [0.1, 0.15) is 50.9 Å². The quantitative estimate of drug-likeness (QED) is 0.782. The van der Waals surface area contributed by atoms with E-state index in [9.17, 15) is 13.2 Å². The van der Waals surface area contributed by atoms with E-state index in [1.54, 1.807) is 51.1 Å². The van der Waals surface area contributed by atoms with Crippen molar-refractivity contribution in [3.8, 4) is 0 Å². The number of rotatable bonds is 7. The Balaban J connectivity index is 2.76. The molecule has 0 aliphatic carbocycles. The van der Waals surface area contributed by atoms with Crippen LogP contribution >= 0.6 is 0 Å². The molecule has 0 bridgehead atoms. The smallest absolute Gasteiger partial charge is 0.338 e. The summed E-state index contributed by atoms with van der Waals surface area (Å²) in [6.07, 6.45) is 0.582. The molecule has 0 aromatic heterocycles. The number of esters is 1. The second-order valence-corrected chi connectivity index (χ2v) is 8.08. The molecule has 1 aromatic rings. The van der Waals surface area contributed by atoms with Gasteiger partial charge in [-0.1, -0.05) is 31.5 Å². The van der Waals surface area contributed by atoms with Crippen LogP contribution in [-0.2, 0) is 14.8 Å². The van der Waals surface area contributed by atoms with Crippen LogP contribution in [0.4, 0.5) is 0 Å². The predicted molar refractivity (Wildman–Crippen MR) is 87.2 cm³/mol. The number of sulfonamides is 1. The van der Waals surface area contributed by atoms with Gasteiger partial charge in [-0.3, -0.25) is 0 Å². The number of hydrogen-bond acceptors (Lipinski definition) is 4. The van der Waals surface area contributed by atoms with E-state index in [1.165, 1.54) is 0 Å². The number of nitrogens with one attached hydrogen (secondary N) is 1. The molecule has 1 rings (SSSR count). The van der Waals surface area contributed by atoms with Crippen molar-refractivity contribution in [1.29, 1.82) is 0 Å². The molecule has 5 nitrogen and oxygen atoms in total. The van der Waals surface area contributed by atoms with Gasteiger partial charge in [0.1, 0.15) is 11.9 Å². The second kappa shape index (κ2) is 7.74. The summed E-state index contributed by atoms with van der Waals surface area (Å²) < 4.78 is 32.2. The van der Waals surface area contributed by atoms with E-state index in [2.05, 4.69) is 4.72 Å². The summed E-state index contributed by atoms with van der Waals surface area (Å²) >= 11 is 0. The standard InChI is InChI=1S/C16H25NO4S/c1-5-9-14(12-22(19,20)17-16(2,3)4)21-15(18)13-10-7-6-8-11-13/h6-8,10-11,14,17H,5,9,12H2,1-4H3. The molecule has 0 aliphatic rings. The third-order valence-electron chi connectivity index (χ3n) is 2.76. The van der Waals surface area contributed by atoms with E-state index in [0.717, 1.165) is 6.42 Å². The van der Waals surface area contributed by atoms with Crippen molar-refractivity contribution >= 4 is 16.0 Å². The molecule has 0 spiro atoms. The van der Waals surface area contributed by atoms with Crippen LogP contribution in [0.3, 0.4) is 0 Å². The normalized spacial score (nSPS) is 13.6. The van der Waals surface area contributed by atoms with Crippen molar-refractivity contribution in [2.75, 3.05) is 5.75 Å². The monoisotopic (exact) mass is 327 g/mol. The summed E-state index contributed by atoms with van der Waals surface area (Å²) in [4.78, 5) is 12.1. The summed E-state index contributed by atoms with van der Waals surface area (Å²) in [5.41, 5.74) is -0.135. The van der Waals surface area contributed by atoms with E-state index in [0.29, 0.717) is 12.0 Å². The third kappa shape index (κ3) is 7.04. The van der Waals surface area contributed by atoms with Crippen molar-refractivity contribution in [2.45, 2.75) is 52.2 Å². The van der Waals surface area contributed by atoms with Crippen LogP contribution in [-0.4, -0.2) is 31.8 Å². The van der Waals surface area contributed by atoms with E-state index in [1.807, 2.05) is 6.92 Å². The molecule has 124 valence electrons. The Morgan fingerprint density at radius 3 is 2.32 bits per heavy atom. The first-order valence-corrected chi connectivity index (χ1v) is 9.06. The molecule has 1 N–H and O–H groups in total. The van der Waals surface area contributed by atoms with Crippen LogP contribution in [0.25, 0.3) is 0 Å². The first-order valence-electron chi connectivity index (χ1n) is 7.40. The topological polar surface area (TPSA) is 72.5 Å². The van der Waals surface area contributed by atoms with Crippen LogP contribution in [0.15, 0.2) is 30.3 Å². The molecule has 1 unspecified atom stereocenters. The Morgan fingerprint density at radius 1 is 1.23 bits per heavy atom. The summed E-state index contributed by atoms with van der Waals surface area (Å²) in [5.74, 6) is -0.721. The molecule has 0 aliphatic heterocycles. The highest BCUT2D eigenvalue weighted by atomic mass is 32.2. The minimum Gasteiger partial charge on any atom is -0.458 e. The zero-order valence-electron chi connectivity index (χ0n) is 13.6. The largest absolute Gasteiger partial charge is 0.458 e. The lowest BCUT2D eigenvalue weighted by atomic mass is 10.1. The zero-order chi connectivity index (χ0) is 16.8. The molecular weight excluding hydrogens is 302 g/mol. The Kier molecular flexibility index (Phi) is 6.56. The zero-order valence-corrected chi connectivity index (χ0v) is 14.4. The maximum Gasteiger partial charge on any atom is 0.338 e. The van der Waals surface area contributed by atoms with Gasteiger partial charge in [0, 0.05) is 5.54 Å². The molecule has 0 heterocycles. The molecule has 1 atom stereocenters. The molecule has 0 saturated heterocycles. The highest BCUT2D eigenvalue weighted by Gasteiger charge is 2.26. The summed E-state index contributed by atoms with van der Waals surface area (Å²) in [6.45, 7) is 7.24. The van der Waals surface area contributed by atoms with E-state index >= 15 is 0 Å². The number of ether oxygens (including phenoxy) is 1. The predicted octanol–water partition coefficient (Wildman–Crippen LogP) is 2.73. The molecule has 0 amide bonds. The Morgan fingerprint density at radius 2 is 1.82 bits per heavy atom. The Bertz CT molecular complexity index is 576. The van der Waals surface area contributed by atoms with Gasteiger partial charge in [0.2, 0.25) is 10.0 Å². The average Bonchev–Trinajstić information content (AvgIpc) is 2.36. The molecule has 22 heavy (non-hydrogen) atoms. The van der Waals surface area contributed by atoms with Crippen molar-refractivity contribution < 1.29 is 17.9 Å². The van der Waals surface area contributed by atoms with Crippen molar-refractivity contribution in [3.63, 3.8) is 0 Å². The lowest BCUT2D eigenvalue weighted by Crippen LogP contribution is -2.44. The molecule has 0 radical (unpaired) electrons. The number of carbonyl (C=O) groups is 1. The van der Waals surface area contributed by atoms with E-state index < -0.39 is 27.6 Å². The fraction of sp³-hybridized carbons (Fsp3) is 0.562. The minimum absolute atomic E-state index is 0.226. The first kappa shape index (κ1) is 18.6. The first-order chi connectivity index (χ1) is 10.1. The van der Waals surface area contributed by atoms with E-state index in [4.69, 9.17) is 4.74 Å².